The average Bonchev–Trinajstić information content (AvgIpc) is 3.04. The number of amidine groups is 1. The number of esters is 2. The summed E-state index contributed by atoms with van der Waals surface area (Å²) in [6.07, 6.45) is -0.952. The van der Waals surface area contributed by atoms with E-state index in [1.807, 2.05) is 25.1 Å². The number of anilines is 1. The van der Waals surface area contributed by atoms with E-state index in [9.17, 15) is 9.59 Å². The maximum Gasteiger partial charge on any atom is 0.421 e. The third kappa shape index (κ3) is 1.87. The third-order valence-electron chi connectivity index (χ3n) is 4.07. The minimum atomic E-state index is -1.61. The lowest BCUT2D eigenvalue weighted by atomic mass is 10.1. The number of likely N-dealkylation sites (N-methyl/N-ethyl adjacent to an activating group) is 1. The number of hydrogen-bond acceptors (Lipinski definition) is 8. The van der Waals surface area contributed by atoms with Crippen LogP contribution in [0.4, 0.5) is 5.69 Å². The van der Waals surface area contributed by atoms with Crippen molar-refractivity contribution in [2.75, 3.05) is 25.0 Å². The molecule has 0 bridgehead atoms. The average molecular weight is 317 g/mol. The topological polar surface area (TPSA) is 89.5 Å². The molecule has 0 aromatic heterocycles. The largest absolute Gasteiger partial charge is 0.439 e. The van der Waals surface area contributed by atoms with Gasteiger partial charge in [0.15, 0.2) is 5.84 Å². The lowest BCUT2D eigenvalue weighted by Crippen LogP contribution is -2.71. The van der Waals surface area contributed by atoms with Gasteiger partial charge in [-0.05, 0) is 24.6 Å². The number of hydrogen-bond donors (Lipinski definition) is 1. The van der Waals surface area contributed by atoms with Gasteiger partial charge in [0.05, 0.1) is 12.2 Å². The molecule has 8 nitrogen and oxygen atoms in total. The van der Waals surface area contributed by atoms with Crippen molar-refractivity contribution in [2.24, 2.45) is 4.99 Å². The van der Waals surface area contributed by atoms with Crippen LogP contribution in [0, 0.1) is 6.92 Å². The second-order valence-electron chi connectivity index (χ2n) is 5.66. The Labute approximate surface area is 132 Å². The molecule has 3 heterocycles. The highest BCUT2D eigenvalue weighted by Gasteiger charge is 2.62. The molecule has 1 aromatic rings. The summed E-state index contributed by atoms with van der Waals surface area (Å²) in [5.41, 5.74) is 1.73. The molecule has 0 aliphatic carbocycles. The summed E-state index contributed by atoms with van der Waals surface area (Å²) >= 11 is 0. The molecule has 1 saturated heterocycles. The van der Waals surface area contributed by atoms with Gasteiger partial charge in [0.1, 0.15) is 5.75 Å². The maximum atomic E-state index is 11.8. The number of carbonyl (C=O) groups excluding carboxylic acids is 2. The van der Waals surface area contributed by atoms with Crippen LogP contribution >= 0.6 is 0 Å². The van der Waals surface area contributed by atoms with E-state index in [0.29, 0.717) is 24.7 Å². The molecule has 3 aliphatic rings. The molecule has 2 unspecified atom stereocenters. The minimum absolute atomic E-state index is 0.349. The Kier molecular flexibility index (Phi) is 2.78. The fraction of sp³-hybridized carbons (Fsp3) is 0.400. The summed E-state index contributed by atoms with van der Waals surface area (Å²) in [6.45, 7) is 3.06. The van der Waals surface area contributed by atoms with E-state index < -0.39 is 24.0 Å². The second kappa shape index (κ2) is 4.61. The van der Waals surface area contributed by atoms with Gasteiger partial charge in [-0.25, -0.2) is 9.59 Å². The molecule has 8 heteroatoms. The quantitative estimate of drug-likeness (QED) is 0.573. The molecule has 1 N–H and O–H groups in total. The molecular weight excluding hydrogens is 302 g/mol. The normalized spacial score (nSPS) is 28.7. The summed E-state index contributed by atoms with van der Waals surface area (Å²) in [5.74, 6) is -2.87. The van der Waals surface area contributed by atoms with Gasteiger partial charge in [-0.2, -0.15) is 0 Å². The van der Waals surface area contributed by atoms with Gasteiger partial charge in [-0.15, -0.1) is 0 Å². The molecule has 1 fully saturated rings. The van der Waals surface area contributed by atoms with Gasteiger partial charge in [-0.1, -0.05) is 6.07 Å². The number of carbonyl (C=O) groups is 2. The molecule has 3 aliphatic heterocycles. The van der Waals surface area contributed by atoms with Crippen LogP contribution in [0.25, 0.3) is 0 Å². The number of ether oxygens (including phenoxy) is 3. The van der Waals surface area contributed by atoms with Crippen molar-refractivity contribution in [1.29, 1.82) is 0 Å². The fourth-order valence-electron chi connectivity index (χ4n) is 2.99. The SMILES string of the molecule is Cc1ccc2c(c1)OC1(C3=NCCN3)OC(=O)C(=O)OC1N2C. The lowest BCUT2D eigenvalue weighted by molar-refractivity contribution is -0.240. The summed E-state index contributed by atoms with van der Waals surface area (Å²) < 4.78 is 16.7. The van der Waals surface area contributed by atoms with Crippen molar-refractivity contribution >= 4 is 23.5 Å². The van der Waals surface area contributed by atoms with Crippen LogP contribution in [0.2, 0.25) is 0 Å². The molecule has 0 saturated carbocycles. The molecule has 4 rings (SSSR count). The minimum Gasteiger partial charge on any atom is -0.439 e. The van der Waals surface area contributed by atoms with E-state index in [0.717, 1.165) is 11.3 Å². The Morgan fingerprint density at radius 2 is 2.13 bits per heavy atom. The van der Waals surface area contributed by atoms with Crippen LogP contribution in [-0.2, 0) is 19.1 Å². The van der Waals surface area contributed by atoms with E-state index in [1.54, 1.807) is 11.9 Å². The predicted molar refractivity (Wildman–Crippen MR) is 79.2 cm³/mol. The summed E-state index contributed by atoms with van der Waals surface area (Å²) in [4.78, 5) is 29.5. The number of fused-ring (bicyclic) bond motifs is 2. The molecule has 2 atom stereocenters. The molecule has 0 radical (unpaired) electrons. The number of nitrogens with one attached hydrogen (secondary N) is 1. The maximum absolute atomic E-state index is 11.8. The van der Waals surface area contributed by atoms with Gasteiger partial charge in [-0.3, -0.25) is 4.99 Å². The van der Waals surface area contributed by atoms with Crippen LogP contribution < -0.4 is 15.0 Å². The lowest BCUT2D eigenvalue weighted by Gasteiger charge is -2.48. The third-order valence-corrected chi connectivity index (χ3v) is 4.07. The Hall–Kier alpha value is -2.77. The monoisotopic (exact) mass is 317 g/mol. The highest BCUT2D eigenvalue weighted by atomic mass is 16.8. The Bertz CT molecular complexity index is 747. The van der Waals surface area contributed by atoms with Gasteiger partial charge < -0.3 is 24.4 Å². The number of benzene rings is 1. The summed E-state index contributed by atoms with van der Waals surface area (Å²) in [5, 5.41) is 3.05. The zero-order chi connectivity index (χ0) is 16.2. The van der Waals surface area contributed by atoms with Crippen molar-refractivity contribution in [3.63, 3.8) is 0 Å². The first kappa shape index (κ1) is 13.9. The summed E-state index contributed by atoms with van der Waals surface area (Å²) in [7, 11) is 1.75. The number of aliphatic imine (C=N–C) groups is 1. The Balaban J connectivity index is 1.88. The number of nitrogens with zero attached hydrogens (tertiary/aromatic N) is 2. The van der Waals surface area contributed by atoms with Crippen molar-refractivity contribution < 1.29 is 23.8 Å². The van der Waals surface area contributed by atoms with Crippen molar-refractivity contribution in [1.82, 2.24) is 5.32 Å². The Morgan fingerprint density at radius 1 is 1.30 bits per heavy atom. The van der Waals surface area contributed by atoms with Crippen LogP contribution in [0.15, 0.2) is 23.2 Å². The second-order valence-corrected chi connectivity index (χ2v) is 5.66. The van der Waals surface area contributed by atoms with E-state index in [2.05, 4.69) is 10.3 Å². The number of aryl methyl sites for hydroxylation is 1. The zero-order valence-electron chi connectivity index (χ0n) is 12.7. The molecule has 120 valence electrons. The van der Waals surface area contributed by atoms with Gasteiger partial charge >= 0.3 is 17.7 Å². The standard InChI is InChI=1S/C15H15N3O5/c1-8-3-4-9-10(7-8)22-15(13-16-5-6-17-13)14(18(9)2)21-11(19)12(20)23-15/h3-4,7,14H,5-6H2,1-2H3,(H,16,17). The van der Waals surface area contributed by atoms with Crippen LogP contribution in [-0.4, -0.2) is 49.9 Å². The zero-order valence-corrected chi connectivity index (χ0v) is 12.7. The van der Waals surface area contributed by atoms with E-state index in [4.69, 9.17) is 14.2 Å². The highest BCUT2D eigenvalue weighted by Crippen LogP contribution is 2.43. The fourth-order valence-corrected chi connectivity index (χ4v) is 2.99. The van der Waals surface area contributed by atoms with E-state index >= 15 is 0 Å². The molecule has 1 aromatic carbocycles. The first-order valence-corrected chi connectivity index (χ1v) is 7.26. The van der Waals surface area contributed by atoms with Crippen LogP contribution in [0.5, 0.6) is 5.75 Å². The van der Waals surface area contributed by atoms with Crippen molar-refractivity contribution in [3.05, 3.63) is 23.8 Å². The first-order chi connectivity index (χ1) is 11.0. The van der Waals surface area contributed by atoms with Gasteiger partial charge in [0.25, 0.3) is 6.23 Å². The summed E-state index contributed by atoms with van der Waals surface area (Å²) in [6, 6.07) is 5.63. The smallest absolute Gasteiger partial charge is 0.421 e. The predicted octanol–water partition coefficient (Wildman–Crippen LogP) is -0.0523. The van der Waals surface area contributed by atoms with Gasteiger partial charge in [0, 0.05) is 13.6 Å². The van der Waals surface area contributed by atoms with Gasteiger partial charge in [0.2, 0.25) is 0 Å². The Morgan fingerprint density at radius 3 is 2.87 bits per heavy atom. The first-order valence-electron chi connectivity index (χ1n) is 7.26. The highest BCUT2D eigenvalue weighted by molar-refractivity contribution is 6.31. The van der Waals surface area contributed by atoms with E-state index in [1.165, 1.54) is 0 Å². The van der Waals surface area contributed by atoms with Crippen LogP contribution in [0.3, 0.4) is 0 Å². The molecule has 23 heavy (non-hydrogen) atoms. The number of rotatable bonds is 1. The molecule has 0 amide bonds. The van der Waals surface area contributed by atoms with Crippen molar-refractivity contribution in [2.45, 2.75) is 18.9 Å². The van der Waals surface area contributed by atoms with E-state index in [-0.39, 0.29) is 0 Å². The molecular formula is C15H15N3O5. The van der Waals surface area contributed by atoms with Crippen molar-refractivity contribution in [3.8, 4) is 5.75 Å². The van der Waals surface area contributed by atoms with Crippen LogP contribution in [0.1, 0.15) is 5.56 Å². The molecule has 0 spiro atoms.